The lowest BCUT2D eigenvalue weighted by molar-refractivity contribution is 0.316. The summed E-state index contributed by atoms with van der Waals surface area (Å²) in [7, 11) is 0. The average molecular weight is 351 g/mol. The van der Waals surface area contributed by atoms with Crippen molar-refractivity contribution in [3.05, 3.63) is 70.6 Å². The molecule has 1 aliphatic rings. The number of likely N-dealkylation sites (tertiary alicyclic amines) is 1. The molecule has 1 aromatic heterocycles. The number of aryl methyl sites for hydroxylation is 1. The molecule has 2 nitrogen and oxygen atoms in total. The van der Waals surface area contributed by atoms with Crippen LogP contribution < -0.4 is 5.32 Å². The molecule has 130 valence electrons. The molecular formula is C22H26N2S. The Balaban J connectivity index is 1.39. The predicted octanol–water partition coefficient (Wildman–Crippen LogP) is 5.13. The van der Waals surface area contributed by atoms with Gasteiger partial charge in [0.25, 0.3) is 0 Å². The fourth-order valence-corrected chi connectivity index (χ4v) is 5.21. The summed E-state index contributed by atoms with van der Waals surface area (Å²) in [6, 6.07) is 20.6. The molecule has 4 rings (SSSR count). The number of benzene rings is 2. The number of rotatable bonds is 5. The van der Waals surface area contributed by atoms with Gasteiger partial charge in [-0.25, -0.2) is 0 Å². The Bertz CT molecular complexity index is 840. The summed E-state index contributed by atoms with van der Waals surface area (Å²) >= 11 is 1.94. The number of thiophene rings is 1. The molecule has 0 amide bonds. The van der Waals surface area contributed by atoms with Crippen molar-refractivity contribution in [2.75, 3.05) is 13.1 Å². The molecule has 1 fully saturated rings. The molecule has 3 heteroatoms. The molecule has 0 saturated carbocycles. The van der Waals surface area contributed by atoms with E-state index in [0.717, 1.165) is 13.1 Å². The highest BCUT2D eigenvalue weighted by molar-refractivity contribution is 7.19. The minimum Gasteiger partial charge on any atom is -0.305 e. The number of nitrogens with zero attached hydrogens (tertiary/aromatic N) is 1. The van der Waals surface area contributed by atoms with Crippen molar-refractivity contribution in [1.82, 2.24) is 10.2 Å². The minimum absolute atomic E-state index is 0.416. The number of hydrogen-bond acceptors (Lipinski definition) is 3. The van der Waals surface area contributed by atoms with Crippen LogP contribution in [0.15, 0.2) is 54.6 Å². The molecule has 2 atom stereocenters. The summed E-state index contributed by atoms with van der Waals surface area (Å²) in [5.41, 5.74) is 2.86. The third-order valence-corrected chi connectivity index (χ3v) is 6.74. The highest BCUT2D eigenvalue weighted by Gasteiger charge is 2.25. The monoisotopic (exact) mass is 350 g/mol. The van der Waals surface area contributed by atoms with Gasteiger partial charge in [0, 0.05) is 41.3 Å². The fourth-order valence-electron chi connectivity index (χ4n) is 3.99. The van der Waals surface area contributed by atoms with Gasteiger partial charge < -0.3 is 5.32 Å². The van der Waals surface area contributed by atoms with Crippen molar-refractivity contribution in [2.24, 2.45) is 0 Å². The molecule has 0 aliphatic carbocycles. The smallest absolute Gasteiger partial charge is 0.0391 e. The van der Waals surface area contributed by atoms with Crippen molar-refractivity contribution in [3.8, 4) is 0 Å². The molecule has 1 N–H and O–H groups in total. The third-order valence-electron chi connectivity index (χ3n) is 5.28. The van der Waals surface area contributed by atoms with Gasteiger partial charge in [-0.1, -0.05) is 48.5 Å². The van der Waals surface area contributed by atoms with Gasteiger partial charge in [-0.3, -0.25) is 4.90 Å². The molecule has 0 spiro atoms. The van der Waals surface area contributed by atoms with Gasteiger partial charge >= 0.3 is 0 Å². The largest absolute Gasteiger partial charge is 0.305 e. The topological polar surface area (TPSA) is 15.3 Å². The Hall–Kier alpha value is -1.68. The lowest BCUT2D eigenvalue weighted by Crippen LogP contribution is -2.34. The SMILES string of the molecule is Cc1c(C(C)NC2CCN(Cc3ccccc3)C2)sc2ccccc12. The van der Waals surface area contributed by atoms with Crippen LogP contribution in [0.3, 0.4) is 0 Å². The maximum Gasteiger partial charge on any atom is 0.0391 e. The maximum atomic E-state index is 3.88. The Morgan fingerprint density at radius 1 is 1.12 bits per heavy atom. The number of nitrogens with one attached hydrogen (secondary N) is 1. The Morgan fingerprint density at radius 3 is 2.68 bits per heavy atom. The van der Waals surface area contributed by atoms with Gasteiger partial charge in [-0.05, 0) is 42.8 Å². The Kier molecular flexibility index (Phi) is 4.89. The summed E-state index contributed by atoms with van der Waals surface area (Å²) in [6.45, 7) is 7.98. The van der Waals surface area contributed by atoms with Gasteiger partial charge in [0.1, 0.15) is 0 Å². The van der Waals surface area contributed by atoms with E-state index in [-0.39, 0.29) is 0 Å². The Morgan fingerprint density at radius 2 is 1.88 bits per heavy atom. The maximum absolute atomic E-state index is 3.88. The molecule has 0 bridgehead atoms. The van der Waals surface area contributed by atoms with Crippen molar-refractivity contribution in [3.63, 3.8) is 0 Å². The summed E-state index contributed by atoms with van der Waals surface area (Å²) in [4.78, 5) is 4.06. The lowest BCUT2D eigenvalue weighted by atomic mass is 10.1. The van der Waals surface area contributed by atoms with Gasteiger partial charge in [0.05, 0.1) is 0 Å². The van der Waals surface area contributed by atoms with E-state index < -0.39 is 0 Å². The quantitative estimate of drug-likeness (QED) is 0.686. The zero-order chi connectivity index (χ0) is 17.2. The zero-order valence-electron chi connectivity index (χ0n) is 15.0. The first-order chi connectivity index (χ1) is 12.2. The molecular weight excluding hydrogens is 324 g/mol. The van der Waals surface area contributed by atoms with Crippen LogP contribution in [0.4, 0.5) is 0 Å². The van der Waals surface area contributed by atoms with Crippen molar-refractivity contribution in [2.45, 2.75) is 38.9 Å². The van der Waals surface area contributed by atoms with E-state index in [9.17, 15) is 0 Å². The number of hydrogen-bond donors (Lipinski definition) is 1. The van der Waals surface area contributed by atoms with Crippen LogP contribution >= 0.6 is 11.3 Å². The fraction of sp³-hybridized carbons (Fsp3) is 0.364. The van der Waals surface area contributed by atoms with E-state index in [1.807, 2.05) is 11.3 Å². The zero-order valence-corrected chi connectivity index (χ0v) is 15.9. The van der Waals surface area contributed by atoms with Gasteiger partial charge in [0.15, 0.2) is 0 Å². The third kappa shape index (κ3) is 3.64. The molecule has 25 heavy (non-hydrogen) atoms. The molecule has 2 aromatic carbocycles. The normalized spacial score (nSPS) is 19.5. The summed E-state index contributed by atoms with van der Waals surface area (Å²) in [5.74, 6) is 0. The van der Waals surface area contributed by atoms with E-state index in [4.69, 9.17) is 0 Å². The second kappa shape index (κ2) is 7.28. The highest BCUT2D eigenvalue weighted by atomic mass is 32.1. The predicted molar refractivity (Wildman–Crippen MR) is 108 cm³/mol. The molecule has 2 unspecified atom stereocenters. The second-order valence-electron chi connectivity index (χ2n) is 7.18. The van der Waals surface area contributed by atoms with E-state index in [2.05, 4.69) is 78.7 Å². The summed E-state index contributed by atoms with van der Waals surface area (Å²) < 4.78 is 1.40. The molecule has 1 aliphatic heterocycles. The average Bonchev–Trinajstić information content (AvgIpc) is 3.20. The van der Waals surface area contributed by atoms with Crippen molar-refractivity contribution in [1.29, 1.82) is 0 Å². The standard InChI is InChI=1S/C22H26N2S/c1-16-20-10-6-7-11-21(20)25-22(16)17(2)23-19-12-13-24(15-19)14-18-8-4-3-5-9-18/h3-11,17,19,23H,12-15H2,1-2H3. The van der Waals surface area contributed by atoms with E-state index in [1.165, 1.54) is 39.1 Å². The summed E-state index contributed by atoms with van der Waals surface area (Å²) in [5, 5.41) is 5.29. The van der Waals surface area contributed by atoms with Crippen molar-refractivity contribution < 1.29 is 0 Å². The first-order valence-corrected chi connectivity index (χ1v) is 10.0. The van der Waals surface area contributed by atoms with Crippen LogP contribution in [-0.2, 0) is 6.54 Å². The first-order valence-electron chi connectivity index (χ1n) is 9.21. The van der Waals surface area contributed by atoms with Crippen LogP contribution in [-0.4, -0.2) is 24.0 Å². The van der Waals surface area contributed by atoms with Gasteiger partial charge in [-0.2, -0.15) is 0 Å². The van der Waals surface area contributed by atoms with Crippen molar-refractivity contribution >= 4 is 21.4 Å². The molecule has 2 heterocycles. The minimum atomic E-state index is 0.416. The highest BCUT2D eigenvalue weighted by Crippen LogP contribution is 2.35. The number of fused-ring (bicyclic) bond motifs is 1. The molecule has 0 radical (unpaired) electrons. The van der Waals surface area contributed by atoms with Crippen LogP contribution in [0.1, 0.15) is 35.4 Å². The van der Waals surface area contributed by atoms with E-state index >= 15 is 0 Å². The van der Waals surface area contributed by atoms with Gasteiger partial charge in [-0.15, -0.1) is 11.3 Å². The van der Waals surface area contributed by atoms with Crippen LogP contribution in [0.2, 0.25) is 0 Å². The Labute approximate surface area is 154 Å². The van der Waals surface area contributed by atoms with Crippen LogP contribution in [0.25, 0.3) is 10.1 Å². The first kappa shape index (κ1) is 16.8. The molecule has 1 saturated heterocycles. The van der Waals surface area contributed by atoms with E-state index in [0.29, 0.717) is 12.1 Å². The van der Waals surface area contributed by atoms with Crippen LogP contribution in [0, 0.1) is 6.92 Å². The summed E-state index contributed by atoms with van der Waals surface area (Å²) in [6.07, 6.45) is 1.24. The second-order valence-corrected chi connectivity index (χ2v) is 8.27. The lowest BCUT2D eigenvalue weighted by Gasteiger charge is -2.20. The van der Waals surface area contributed by atoms with E-state index in [1.54, 1.807) is 0 Å². The van der Waals surface area contributed by atoms with Crippen LogP contribution in [0.5, 0.6) is 0 Å². The molecule has 3 aromatic rings. The van der Waals surface area contributed by atoms with Gasteiger partial charge in [0.2, 0.25) is 0 Å².